The number of primary amides is 2. The third kappa shape index (κ3) is 14.6. The van der Waals surface area contributed by atoms with E-state index < -0.39 is 109 Å². The molecule has 0 bridgehead atoms. The zero-order valence-electron chi connectivity index (χ0n) is 35.0. The van der Waals surface area contributed by atoms with Gasteiger partial charge in [-0.15, -0.1) is 0 Å². The number of carbonyl (C=O) groups is 8. The van der Waals surface area contributed by atoms with E-state index in [-0.39, 0.29) is 37.6 Å². The van der Waals surface area contributed by atoms with Gasteiger partial charge in [-0.2, -0.15) is 0 Å². The quantitative estimate of drug-likeness (QED) is 0.0564. The lowest BCUT2D eigenvalue weighted by Gasteiger charge is -2.33. The van der Waals surface area contributed by atoms with Gasteiger partial charge >= 0.3 is 0 Å². The van der Waals surface area contributed by atoms with Gasteiger partial charge in [0.05, 0.1) is 19.1 Å². The minimum Gasteiger partial charge on any atom is -0.394 e. The Hall–Kier alpha value is -5.92. The molecule has 0 radical (unpaired) electrons. The largest absolute Gasteiger partial charge is 0.394 e. The Balaban J connectivity index is 1.88. The van der Waals surface area contributed by atoms with Crippen molar-refractivity contribution in [3.63, 3.8) is 0 Å². The van der Waals surface area contributed by atoms with Gasteiger partial charge in [-0.05, 0) is 42.2 Å². The molecule has 61 heavy (non-hydrogen) atoms. The van der Waals surface area contributed by atoms with Crippen molar-refractivity contribution in [3.8, 4) is 0 Å². The highest BCUT2D eigenvalue weighted by atomic mass is 16.3. The molecule has 8 amide bonds. The molecule has 1 aliphatic rings. The van der Waals surface area contributed by atoms with Gasteiger partial charge in [-0.3, -0.25) is 38.4 Å². The van der Waals surface area contributed by atoms with Crippen LogP contribution >= 0.6 is 0 Å². The highest BCUT2D eigenvalue weighted by Crippen LogP contribution is 2.22. The van der Waals surface area contributed by atoms with Gasteiger partial charge in [0.15, 0.2) is 6.10 Å². The number of aliphatic hydroxyl groups excluding tert-OH is 2. The van der Waals surface area contributed by atoms with Crippen molar-refractivity contribution in [2.24, 2.45) is 29.0 Å². The van der Waals surface area contributed by atoms with Crippen molar-refractivity contribution in [1.29, 1.82) is 0 Å². The van der Waals surface area contributed by atoms with Crippen LogP contribution in [0.25, 0.3) is 0 Å². The predicted molar refractivity (Wildman–Crippen MR) is 223 cm³/mol. The van der Waals surface area contributed by atoms with Crippen molar-refractivity contribution >= 4 is 47.3 Å². The molecule has 1 saturated heterocycles. The van der Waals surface area contributed by atoms with Crippen molar-refractivity contribution < 1.29 is 48.6 Å². The lowest BCUT2D eigenvalue weighted by Crippen LogP contribution is -2.61. The molecule has 0 saturated carbocycles. The second kappa shape index (κ2) is 23.8. The maximum absolute atomic E-state index is 14.2. The summed E-state index contributed by atoms with van der Waals surface area (Å²) in [6, 6.07) is 8.22. The van der Waals surface area contributed by atoms with Crippen LogP contribution in [0.4, 0.5) is 0 Å². The number of aliphatic hydroxyl groups is 2. The molecule has 0 aromatic heterocycles. The Morgan fingerprint density at radius 3 is 1.82 bits per heavy atom. The highest BCUT2D eigenvalue weighted by molar-refractivity contribution is 5.97. The van der Waals surface area contributed by atoms with Crippen LogP contribution in [0.5, 0.6) is 0 Å². The first kappa shape index (κ1) is 49.4. The number of rotatable bonds is 23. The molecule has 19 nitrogen and oxygen atoms in total. The lowest BCUT2D eigenvalue weighted by atomic mass is 9.96. The number of amides is 8. The van der Waals surface area contributed by atoms with Gasteiger partial charge in [0, 0.05) is 13.0 Å². The summed E-state index contributed by atoms with van der Waals surface area (Å²) in [5.74, 6) is -7.37. The van der Waals surface area contributed by atoms with E-state index >= 15 is 0 Å². The molecule has 2 aromatic rings. The molecular weight excluding hydrogens is 791 g/mol. The normalized spacial score (nSPS) is 17.6. The van der Waals surface area contributed by atoms with Gasteiger partial charge in [0.2, 0.25) is 41.4 Å². The van der Waals surface area contributed by atoms with Crippen LogP contribution in [-0.4, -0.2) is 124 Å². The van der Waals surface area contributed by atoms with Crippen LogP contribution in [-0.2, 0) is 51.2 Å². The SMILES string of the molecule is CC[C@H](C)[C@H](NC(=O)[C@@H]1CCCN1C(=O)[C@H](O)[C@H](Cc1ccccc1)NC(=O)[C@H](CC(N)=O)NC(=O)[C@H](Cc1ccccc1)NC(=O)[C@@H](N)CO)C(=O)N[C@H](C(N)=O)C(C)C. The third-order valence-electron chi connectivity index (χ3n) is 10.7. The molecule has 1 heterocycles. The maximum atomic E-state index is 14.2. The van der Waals surface area contributed by atoms with E-state index in [1.54, 1.807) is 81.4 Å². The summed E-state index contributed by atoms with van der Waals surface area (Å²) in [7, 11) is 0. The Bertz CT molecular complexity index is 1830. The van der Waals surface area contributed by atoms with Crippen LogP contribution in [0.15, 0.2) is 60.7 Å². The summed E-state index contributed by atoms with van der Waals surface area (Å²) < 4.78 is 0. The summed E-state index contributed by atoms with van der Waals surface area (Å²) in [5.41, 5.74) is 17.9. The van der Waals surface area contributed by atoms with Gasteiger partial charge < -0.3 is 58.9 Å². The summed E-state index contributed by atoms with van der Waals surface area (Å²) in [6.07, 6.45) is -1.79. The maximum Gasteiger partial charge on any atom is 0.254 e. The summed E-state index contributed by atoms with van der Waals surface area (Å²) >= 11 is 0. The molecule has 0 unspecified atom stereocenters. The van der Waals surface area contributed by atoms with E-state index in [4.69, 9.17) is 17.2 Å². The summed E-state index contributed by atoms with van der Waals surface area (Å²) in [5, 5.41) is 34.0. The van der Waals surface area contributed by atoms with Crippen molar-refractivity contribution in [3.05, 3.63) is 71.8 Å². The Labute approximate surface area is 355 Å². The number of hydrogen-bond donors (Lipinski definition) is 10. The summed E-state index contributed by atoms with van der Waals surface area (Å²) in [4.78, 5) is 107. The van der Waals surface area contributed by atoms with E-state index in [0.29, 0.717) is 24.0 Å². The van der Waals surface area contributed by atoms with E-state index in [1.807, 2.05) is 6.92 Å². The van der Waals surface area contributed by atoms with Crippen LogP contribution in [0.3, 0.4) is 0 Å². The zero-order chi connectivity index (χ0) is 45.4. The average molecular weight is 852 g/mol. The van der Waals surface area contributed by atoms with E-state index in [9.17, 15) is 48.6 Å². The second-order valence-electron chi connectivity index (χ2n) is 15.7. The molecule has 1 aliphatic heterocycles. The third-order valence-corrected chi connectivity index (χ3v) is 10.7. The van der Waals surface area contributed by atoms with Crippen LogP contribution < -0.4 is 43.8 Å². The fraction of sp³-hybridized carbons (Fsp3) is 0.524. The molecule has 13 N–H and O–H groups in total. The Morgan fingerprint density at radius 1 is 0.738 bits per heavy atom. The minimum atomic E-state index is -1.96. The molecule has 0 aliphatic carbocycles. The fourth-order valence-electron chi connectivity index (χ4n) is 6.90. The van der Waals surface area contributed by atoms with E-state index in [1.165, 1.54) is 4.90 Å². The number of hydrogen-bond acceptors (Lipinski definition) is 11. The highest BCUT2D eigenvalue weighted by Gasteiger charge is 2.42. The molecule has 19 heteroatoms. The lowest BCUT2D eigenvalue weighted by molar-refractivity contribution is -0.147. The number of nitrogens with one attached hydrogen (secondary N) is 5. The predicted octanol–water partition coefficient (Wildman–Crippen LogP) is -2.37. The van der Waals surface area contributed by atoms with Crippen molar-refractivity contribution in [1.82, 2.24) is 31.5 Å². The Kier molecular flexibility index (Phi) is 19.3. The fourth-order valence-corrected chi connectivity index (χ4v) is 6.90. The Morgan fingerprint density at radius 2 is 1.30 bits per heavy atom. The molecule has 3 rings (SSSR count). The standard InChI is InChI=1S/C42H61N9O10/c1-5-24(4)34(41(60)49-33(23(2)3)36(45)55)50-40(59)31-17-12-18-51(31)42(61)35(54)28(19-25-13-8-6-9-14-25)46-39(58)30(21-32(44)53)48-38(57)29(47-37(56)27(43)22-52)20-26-15-10-7-11-16-26/h6-11,13-16,23-24,27-31,33-35,52,54H,5,12,17-22,43H2,1-4H3,(H2,44,53)(H2,45,55)(H,46,58)(H,47,56)(H,48,57)(H,49,60)(H,50,59)/t24-,27-,28-,29-,30-,31-,33-,34-,35+/m0/s1. The smallest absolute Gasteiger partial charge is 0.254 e. The summed E-state index contributed by atoms with van der Waals surface area (Å²) in [6.45, 7) is 6.35. The van der Waals surface area contributed by atoms with Gasteiger partial charge in [-0.1, -0.05) is 94.8 Å². The van der Waals surface area contributed by atoms with Crippen LogP contribution in [0, 0.1) is 11.8 Å². The van der Waals surface area contributed by atoms with Gasteiger partial charge in [0.25, 0.3) is 5.91 Å². The molecule has 9 atom stereocenters. The topological polar surface area (TPSA) is 318 Å². The second-order valence-corrected chi connectivity index (χ2v) is 15.7. The number of likely N-dealkylation sites (tertiary alicyclic amines) is 1. The molecule has 334 valence electrons. The first-order valence-electron chi connectivity index (χ1n) is 20.4. The first-order valence-corrected chi connectivity index (χ1v) is 20.4. The van der Waals surface area contributed by atoms with Gasteiger partial charge in [-0.25, -0.2) is 0 Å². The molecular formula is C42H61N9O10. The minimum absolute atomic E-state index is 0.0616. The molecule has 2 aromatic carbocycles. The number of benzene rings is 2. The van der Waals surface area contributed by atoms with Gasteiger partial charge in [0.1, 0.15) is 36.3 Å². The number of carbonyl (C=O) groups excluding carboxylic acids is 8. The number of nitrogens with two attached hydrogens (primary N) is 3. The van der Waals surface area contributed by atoms with Crippen molar-refractivity contribution in [2.45, 2.75) is 115 Å². The molecule has 0 spiro atoms. The average Bonchev–Trinajstić information content (AvgIpc) is 3.73. The van der Waals surface area contributed by atoms with Crippen LogP contribution in [0.1, 0.15) is 64.5 Å². The van der Waals surface area contributed by atoms with E-state index in [2.05, 4.69) is 26.6 Å². The first-order chi connectivity index (χ1) is 28.9. The van der Waals surface area contributed by atoms with E-state index in [0.717, 1.165) is 0 Å². The monoisotopic (exact) mass is 851 g/mol. The zero-order valence-corrected chi connectivity index (χ0v) is 35.0. The van der Waals surface area contributed by atoms with Crippen molar-refractivity contribution in [2.75, 3.05) is 13.2 Å². The number of nitrogens with zero attached hydrogens (tertiary/aromatic N) is 1. The molecule has 1 fully saturated rings. The van der Waals surface area contributed by atoms with Crippen LogP contribution in [0.2, 0.25) is 0 Å².